The number of aliphatic hydroxyl groups is 1. The predicted molar refractivity (Wildman–Crippen MR) is 56.1 cm³/mol. The largest absolute Gasteiger partial charge is 0.505 e. The summed E-state index contributed by atoms with van der Waals surface area (Å²) in [5.74, 6) is -0.156. The molecule has 0 fully saturated rings. The minimum atomic E-state index is -4.67. The third-order valence-corrected chi connectivity index (χ3v) is 1.65. The number of hydrogen-bond acceptors (Lipinski definition) is 6. The first-order valence-electron chi connectivity index (χ1n) is 4.14. The molecule has 0 aromatic carbocycles. The Kier molecular flexibility index (Phi) is 5.68. The van der Waals surface area contributed by atoms with Gasteiger partial charge in [0, 0.05) is 11.8 Å². The molecule has 1 heterocycles. The molecule has 0 atom stereocenters. The van der Waals surface area contributed by atoms with E-state index in [1.165, 1.54) is 6.20 Å². The number of hydrogen-bond donors (Lipinski definition) is 4. The Labute approximate surface area is 97.1 Å². The minimum absolute atomic E-state index is 0.116. The van der Waals surface area contributed by atoms with Crippen LogP contribution in [-0.4, -0.2) is 39.0 Å². The lowest BCUT2D eigenvalue weighted by Crippen LogP contribution is -1.96. The fourth-order valence-corrected chi connectivity index (χ4v) is 0.910. The number of aromatic nitrogens is 1. The average Bonchev–Trinajstić information content (AvgIpc) is 2.19. The van der Waals surface area contributed by atoms with Crippen LogP contribution in [0.5, 0.6) is 5.75 Å². The topological polar surface area (TPSA) is 145 Å². The molecule has 96 valence electrons. The SMILES string of the molecule is Cc1ncc(CO)c(C=O)c1O.O=S(=O)(O)O. The molecule has 4 N–H and O–H groups in total. The molecular formula is C8H11NO7S. The Morgan fingerprint density at radius 1 is 1.41 bits per heavy atom. The van der Waals surface area contributed by atoms with Gasteiger partial charge in [-0.25, -0.2) is 0 Å². The lowest BCUT2D eigenvalue weighted by Gasteiger charge is -2.04. The molecule has 0 saturated carbocycles. The molecule has 0 saturated heterocycles. The summed E-state index contributed by atoms with van der Waals surface area (Å²) in [6.07, 6.45) is 1.88. The molecule has 0 aliphatic rings. The molecule has 8 nitrogen and oxygen atoms in total. The Morgan fingerprint density at radius 3 is 2.24 bits per heavy atom. The van der Waals surface area contributed by atoms with Crippen LogP contribution in [0.25, 0.3) is 0 Å². The number of carbonyl (C=O) groups excluding carboxylic acids is 1. The summed E-state index contributed by atoms with van der Waals surface area (Å²) in [4.78, 5) is 14.2. The van der Waals surface area contributed by atoms with Gasteiger partial charge in [-0.05, 0) is 6.92 Å². The van der Waals surface area contributed by atoms with E-state index in [2.05, 4.69) is 4.98 Å². The Morgan fingerprint density at radius 2 is 1.88 bits per heavy atom. The van der Waals surface area contributed by atoms with E-state index >= 15 is 0 Å². The predicted octanol–water partition coefficient (Wildman–Crippen LogP) is -0.252. The van der Waals surface area contributed by atoms with Crippen LogP contribution in [-0.2, 0) is 17.0 Å². The fourth-order valence-electron chi connectivity index (χ4n) is 0.910. The summed E-state index contributed by atoms with van der Waals surface area (Å²) in [5, 5.41) is 18.1. The van der Waals surface area contributed by atoms with Crippen molar-refractivity contribution in [2.24, 2.45) is 0 Å². The van der Waals surface area contributed by atoms with Crippen molar-refractivity contribution in [3.8, 4) is 5.75 Å². The van der Waals surface area contributed by atoms with Crippen molar-refractivity contribution >= 4 is 16.7 Å². The number of pyridine rings is 1. The summed E-state index contributed by atoms with van der Waals surface area (Å²) < 4.78 is 31.6. The van der Waals surface area contributed by atoms with Crippen molar-refractivity contribution in [2.45, 2.75) is 13.5 Å². The molecule has 0 bridgehead atoms. The molecule has 0 aliphatic heterocycles. The van der Waals surface area contributed by atoms with E-state index < -0.39 is 10.4 Å². The van der Waals surface area contributed by atoms with Gasteiger partial charge in [0.1, 0.15) is 5.75 Å². The van der Waals surface area contributed by atoms with Crippen LogP contribution in [0.3, 0.4) is 0 Å². The summed E-state index contributed by atoms with van der Waals surface area (Å²) in [6, 6.07) is 0. The molecule has 0 aliphatic carbocycles. The Bertz CT molecular complexity index is 489. The Hall–Kier alpha value is -1.55. The molecule has 1 aromatic heterocycles. The number of carbonyl (C=O) groups is 1. The lowest BCUT2D eigenvalue weighted by molar-refractivity contribution is 0.111. The van der Waals surface area contributed by atoms with E-state index in [1.807, 2.05) is 0 Å². The highest BCUT2D eigenvalue weighted by Gasteiger charge is 2.09. The highest BCUT2D eigenvalue weighted by Crippen LogP contribution is 2.21. The highest BCUT2D eigenvalue weighted by molar-refractivity contribution is 7.79. The molecule has 1 rings (SSSR count). The number of aldehydes is 1. The van der Waals surface area contributed by atoms with Crippen molar-refractivity contribution in [1.82, 2.24) is 4.98 Å². The van der Waals surface area contributed by atoms with Crippen molar-refractivity contribution in [3.05, 3.63) is 23.0 Å². The molecule has 0 amide bonds. The zero-order valence-corrected chi connectivity index (χ0v) is 9.55. The molecular weight excluding hydrogens is 254 g/mol. The van der Waals surface area contributed by atoms with E-state index in [1.54, 1.807) is 6.92 Å². The van der Waals surface area contributed by atoms with Crippen LogP contribution >= 0.6 is 0 Å². The first-order valence-corrected chi connectivity index (χ1v) is 5.53. The summed E-state index contributed by atoms with van der Waals surface area (Å²) in [7, 11) is -4.67. The number of aliphatic hydroxyl groups excluding tert-OH is 1. The van der Waals surface area contributed by atoms with E-state index in [9.17, 15) is 9.90 Å². The maximum absolute atomic E-state index is 10.5. The third kappa shape index (κ3) is 5.92. The van der Waals surface area contributed by atoms with Crippen LogP contribution in [0.15, 0.2) is 6.20 Å². The normalized spacial score (nSPS) is 10.4. The van der Waals surface area contributed by atoms with E-state index in [-0.39, 0.29) is 17.9 Å². The summed E-state index contributed by atoms with van der Waals surface area (Å²) in [6.45, 7) is 1.29. The quantitative estimate of drug-likeness (QED) is 0.423. The van der Waals surface area contributed by atoms with Gasteiger partial charge in [0.25, 0.3) is 0 Å². The average molecular weight is 265 g/mol. The monoisotopic (exact) mass is 265 g/mol. The first kappa shape index (κ1) is 15.4. The van der Waals surface area contributed by atoms with E-state index in [4.69, 9.17) is 22.6 Å². The Balaban J connectivity index is 0.000000437. The highest BCUT2D eigenvalue weighted by atomic mass is 32.3. The van der Waals surface area contributed by atoms with Crippen molar-refractivity contribution < 1.29 is 32.5 Å². The maximum atomic E-state index is 10.5. The van der Waals surface area contributed by atoms with Crippen LogP contribution in [0, 0.1) is 6.92 Å². The smallest absolute Gasteiger partial charge is 0.394 e. The fraction of sp³-hybridized carbons (Fsp3) is 0.250. The zero-order valence-electron chi connectivity index (χ0n) is 8.73. The van der Waals surface area contributed by atoms with Gasteiger partial charge in [0.2, 0.25) is 0 Å². The van der Waals surface area contributed by atoms with Crippen molar-refractivity contribution in [3.63, 3.8) is 0 Å². The van der Waals surface area contributed by atoms with Gasteiger partial charge < -0.3 is 10.2 Å². The second kappa shape index (κ2) is 6.25. The molecule has 17 heavy (non-hydrogen) atoms. The van der Waals surface area contributed by atoms with Gasteiger partial charge in [0.15, 0.2) is 6.29 Å². The van der Waals surface area contributed by atoms with Crippen LogP contribution in [0.1, 0.15) is 21.6 Å². The molecule has 0 radical (unpaired) electrons. The molecule has 9 heteroatoms. The van der Waals surface area contributed by atoms with E-state index in [0.29, 0.717) is 17.5 Å². The maximum Gasteiger partial charge on any atom is 0.394 e. The third-order valence-electron chi connectivity index (χ3n) is 1.65. The zero-order chi connectivity index (χ0) is 13.6. The van der Waals surface area contributed by atoms with Gasteiger partial charge in [-0.15, -0.1) is 0 Å². The van der Waals surface area contributed by atoms with Gasteiger partial charge in [-0.2, -0.15) is 8.42 Å². The second-order valence-corrected chi connectivity index (χ2v) is 3.75. The molecule has 0 unspecified atom stereocenters. The minimum Gasteiger partial charge on any atom is -0.505 e. The van der Waals surface area contributed by atoms with Crippen LogP contribution in [0.4, 0.5) is 0 Å². The number of rotatable bonds is 2. The number of aryl methyl sites for hydroxylation is 1. The van der Waals surface area contributed by atoms with Crippen LogP contribution in [0.2, 0.25) is 0 Å². The molecule has 1 aromatic rings. The summed E-state index contributed by atoms with van der Waals surface area (Å²) in [5.41, 5.74) is 0.840. The standard InChI is InChI=1S/C8H9NO3.H2O4S/c1-5-8(12)7(4-11)6(3-10)2-9-5;1-5(2,3)4/h2,4,10,12H,3H2,1H3;(H2,1,2,3,4). The summed E-state index contributed by atoms with van der Waals surface area (Å²) >= 11 is 0. The number of aromatic hydroxyl groups is 1. The lowest BCUT2D eigenvalue weighted by atomic mass is 10.1. The number of nitrogens with zero attached hydrogens (tertiary/aromatic N) is 1. The van der Waals surface area contributed by atoms with Crippen molar-refractivity contribution in [1.29, 1.82) is 0 Å². The molecule has 0 spiro atoms. The first-order chi connectivity index (χ1) is 7.70. The van der Waals surface area contributed by atoms with Crippen molar-refractivity contribution in [2.75, 3.05) is 0 Å². The van der Waals surface area contributed by atoms with Gasteiger partial charge >= 0.3 is 10.4 Å². The second-order valence-electron chi connectivity index (χ2n) is 2.85. The van der Waals surface area contributed by atoms with E-state index in [0.717, 1.165) is 0 Å². The van der Waals surface area contributed by atoms with Gasteiger partial charge in [0.05, 0.1) is 17.9 Å². The van der Waals surface area contributed by atoms with Gasteiger partial charge in [-0.1, -0.05) is 0 Å². The van der Waals surface area contributed by atoms with Crippen LogP contribution < -0.4 is 0 Å². The van der Waals surface area contributed by atoms with Gasteiger partial charge in [-0.3, -0.25) is 18.9 Å².